The van der Waals surface area contributed by atoms with Crippen molar-refractivity contribution in [2.24, 2.45) is 5.92 Å². The van der Waals surface area contributed by atoms with Gasteiger partial charge >= 0.3 is 6.36 Å². The zero-order valence-corrected chi connectivity index (χ0v) is 12.6. The molecule has 8 nitrogen and oxygen atoms in total. The molecule has 2 N–H and O–H groups in total. The van der Waals surface area contributed by atoms with Gasteiger partial charge in [-0.3, -0.25) is 14.9 Å². The fourth-order valence-electron chi connectivity index (χ4n) is 2.33. The van der Waals surface area contributed by atoms with E-state index in [1.165, 1.54) is 23.1 Å². The molecule has 0 radical (unpaired) electrons. The number of alkyl halides is 3. The van der Waals surface area contributed by atoms with Crippen molar-refractivity contribution in [1.29, 1.82) is 0 Å². The number of carbonyl (C=O) groups is 2. The van der Waals surface area contributed by atoms with E-state index in [4.69, 9.17) is 0 Å². The Hall–Kier alpha value is -3.11. The second-order valence-corrected chi connectivity index (χ2v) is 5.28. The van der Waals surface area contributed by atoms with Crippen LogP contribution in [-0.2, 0) is 16.1 Å². The summed E-state index contributed by atoms with van der Waals surface area (Å²) in [5, 5.41) is 8.98. The molecule has 3 rings (SSSR count). The summed E-state index contributed by atoms with van der Waals surface area (Å²) in [6.45, 7) is 0.215. The Bertz CT molecular complexity index is 788. The second kappa shape index (κ2) is 6.42. The monoisotopic (exact) mass is 355 g/mol. The van der Waals surface area contributed by atoms with Crippen molar-refractivity contribution < 1.29 is 27.5 Å². The van der Waals surface area contributed by atoms with Gasteiger partial charge in [0.15, 0.2) is 0 Å². The quantitative estimate of drug-likeness (QED) is 0.871. The van der Waals surface area contributed by atoms with Gasteiger partial charge in [0.05, 0.1) is 12.5 Å². The van der Waals surface area contributed by atoms with Crippen LogP contribution in [0.3, 0.4) is 0 Å². The number of nitrogens with zero attached hydrogens (tertiary/aromatic N) is 3. The minimum absolute atomic E-state index is 0.105. The second-order valence-electron chi connectivity index (χ2n) is 5.28. The number of rotatable bonds is 4. The summed E-state index contributed by atoms with van der Waals surface area (Å²) < 4.78 is 41.5. The first-order chi connectivity index (χ1) is 11.8. The molecule has 1 aromatic heterocycles. The number of fused-ring (bicyclic) bond motifs is 1. The van der Waals surface area contributed by atoms with E-state index >= 15 is 0 Å². The van der Waals surface area contributed by atoms with Crippen LogP contribution in [0.4, 0.5) is 24.8 Å². The largest absolute Gasteiger partial charge is 0.573 e. The molecule has 0 aliphatic carbocycles. The maximum absolute atomic E-state index is 12.1. The first kappa shape index (κ1) is 16.7. The van der Waals surface area contributed by atoms with Crippen LogP contribution in [0.1, 0.15) is 6.42 Å². The van der Waals surface area contributed by atoms with Gasteiger partial charge in [0.1, 0.15) is 12.1 Å². The van der Waals surface area contributed by atoms with Crippen LogP contribution in [0, 0.1) is 5.92 Å². The zero-order valence-electron chi connectivity index (χ0n) is 12.6. The van der Waals surface area contributed by atoms with E-state index in [-0.39, 0.29) is 24.6 Å². The summed E-state index contributed by atoms with van der Waals surface area (Å²) in [4.78, 5) is 27.8. The number of hydrogen-bond donors (Lipinski definition) is 2. The van der Waals surface area contributed by atoms with Gasteiger partial charge in [-0.1, -0.05) is 0 Å². The number of amides is 2. The fourth-order valence-corrected chi connectivity index (χ4v) is 2.33. The molecule has 1 aliphatic rings. The van der Waals surface area contributed by atoms with Crippen LogP contribution in [0.5, 0.6) is 5.75 Å². The predicted molar refractivity (Wildman–Crippen MR) is 78.5 cm³/mol. The summed E-state index contributed by atoms with van der Waals surface area (Å²) in [5.74, 6) is -1.49. The molecule has 2 aromatic rings. The van der Waals surface area contributed by atoms with E-state index in [2.05, 4.69) is 25.5 Å². The number of benzene rings is 1. The average molecular weight is 355 g/mol. The van der Waals surface area contributed by atoms with Crippen molar-refractivity contribution >= 4 is 23.5 Å². The van der Waals surface area contributed by atoms with E-state index < -0.39 is 23.9 Å². The lowest BCUT2D eigenvalue weighted by molar-refractivity contribution is -0.274. The van der Waals surface area contributed by atoms with Crippen molar-refractivity contribution in [3.63, 3.8) is 0 Å². The van der Waals surface area contributed by atoms with Crippen LogP contribution in [0.25, 0.3) is 0 Å². The van der Waals surface area contributed by atoms with Crippen LogP contribution in [0.15, 0.2) is 30.6 Å². The number of hydrogen-bond acceptors (Lipinski definition) is 5. The highest BCUT2D eigenvalue weighted by Crippen LogP contribution is 2.24. The Morgan fingerprint density at radius 3 is 2.76 bits per heavy atom. The lowest BCUT2D eigenvalue weighted by atomic mass is 10.0. The topological polar surface area (TPSA) is 98.1 Å². The highest BCUT2D eigenvalue weighted by molar-refractivity contribution is 5.98. The summed E-state index contributed by atoms with van der Waals surface area (Å²) in [6, 6.07) is 4.71. The predicted octanol–water partition coefficient (Wildman–Crippen LogP) is 1.77. The molecule has 0 fully saturated rings. The number of aromatic nitrogens is 3. The third-order valence-corrected chi connectivity index (χ3v) is 3.42. The first-order valence-corrected chi connectivity index (χ1v) is 7.14. The van der Waals surface area contributed by atoms with Gasteiger partial charge in [0, 0.05) is 12.1 Å². The summed E-state index contributed by atoms with van der Waals surface area (Å²) in [6.07, 6.45) is -3.59. The van der Waals surface area contributed by atoms with Crippen LogP contribution < -0.4 is 15.4 Å². The molecule has 1 unspecified atom stereocenters. The molecular weight excluding hydrogens is 343 g/mol. The first-order valence-electron chi connectivity index (χ1n) is 7.14. The zero-order chi connectivity index (χ0) is 18.0. The molecule has 0 bridgehead atoms. The third-order valence-electron chi connectivity index (χ3n) is 3.42. The molecule has 0 saturated carbocycles. The van der Waals surface area contributed by atoms with Crippen molar-refractivity contribution in [3.8, 4) is 5.75 Å². The molecule has 1 aromatic carbocycles. The molecule has 25 heavy (non-hydrogen) atoms. The van der Waals surface area contributed by atoms with Crippen molar-refractivity contribution in [2.45, 2.75) is 19.3 Å². The van der Waals surface area contributed by atoms with Crippen molar-refractivity contribution in [2.75, 3.05) is 10.6 Å². The molecule has 1 aliphatic heterocycles. The van der Waals surface area contributed by atoms with Crippen LogP contribution in [0.2, 0.25) is 0 Å². The van der Waals surface area contributed by atoms with Crippen molar-refractivity contribution in [3.05, 3.63) is 30.6 Å². The van der Waals surface area contributed by atoms with Gasteiger partial charge in [0.2, 0.25) is 17.8 Å². The summed E-state index contributed by atoms with van der Waals surface area (Å²) in [7, 11) is 0. The average Bonchev–Trinajstić information content (AvgIpc) is 2.95. The van der Waals surface area contributed by atoms with Crippen molar-refractivity contribution in [1.82, 2.24) is 14.8 Å². The van der Waals surface area contributed by atoms with E-state index in [9.17, 15) is 22.8 Å². The Labute approximate surface area is 139 Å². The molecular formula is C14H12F3N5O3. The van der Waals surface area contributed by atoms with Crippen LogP contribution in [-0.4, -0.2) is 32.9 Å². The number of carbonyl (C=O) groups excluding carboxylic acids is 2. The molecule has 132 valence electrons. The van der Waals surface area contributed by atoms with Gasteiger partial charge < -0.3 is 10.1 Å². The van der Waals surface area contributed by atoms with E-state index in [1.807, 2.05) is 0 Å². The third kappa shape index (κ3) is 4.25. The Morgan fingerprint density at radius 2 is 2.08 bits per heavy atom. The number of halogens is 3. The van der Waals surface area contributed by atoms with Gasteiger partial charge in [-0.2, -0.15) is 10.1 Å². The lowest BCUT2D eigenvalue weighted by Gasteiger charge is -2.21. The SMILES string of the molecule is O=C(CC1Cn2ncnc2NC1=O)Nc1ccc(OC(F)(F)F)cc1. The summed E-state index contributed by atoms with van der Waals surface area (Å²) in [5.41, 5.74) is 0.289. The molecule has 1 atom stereocenters. The molecule has 2 amide bonds. The molecule has 0 saturated heterocycles. The van der Waals surface area contributed by atoms with E-state index in [1.54, 1.807) is 0 Å². The molecule has 2 heterocycles. The Kier molecular flexibility index (Phi) is 4.30. The maximum Gasteiger partial charge on any atom is 0.573 e. The normalized spacial score (nSPS) is 16.8. The molecule has 11 heteroatoms. The number of ether oxygens (including phenoxy) is 1. The van der Waals surface area contributed by atoms with Gasteiger partial charge in [-0.15, -0.1) is 13.2 Å². The minimum atomic E-state index is -4.78. The van der Waals surface area contributed by atoms with E-state index in [0.717, 1.165) is 12.1 Å². The van der Waals surface area contributed by atoms with E-state index in [0.29, 0.717) is 5.95 Å². The maximum atomic E-state index is 12.1. The fraction of sp³-hybridized carbons (Fsp3) is 0.286. The van der Waals surface area contributed by atoms with Gasteiger partial charge in [0.25, 0.3) is 0 Å². The van der Waals surface area contributed by atoms with Gasteiger partial charge in [-0.25, -0.2) is 4.68 Å². The van der Waals surface area contributed by atoms with Gasteiger partial charge in [-0.05, 0) is 24.3 Å². The minimum Gasteiger partial charge on any atom is -0.406 e. The Balaban J connectivity index is 1.57. The number of anilines is 2. The molecule has 0 spiro atoms. The summed E-state index contributed by atoms with van der Waals surface area (Å²) >= 11 is 0. The standard InChI is InChI=1S/C14H12F3N5O3/c15-14(16,17)25-10-3-1-9(2-4-10)20-11(23)5-8-6-22-13(18-7-19-22)21-12(8)24/h1-4,7-8H,5-6H2,(H,20,23)(H,18,19,21,24). The number of nitrogens with one attached hydrogen (secondary N) is 2. The highest BCUT2D eigenvalue weighted by atomic mass is 19.4. The highest BCUT2D eigenvalue weighted by Gasteiger charge is 2.31. The smallest absolute Gasteiger partial charge is 0.406 e. The lowest BCUT2D eigenvalue weighted by Crippen LogP contribution is -2.36. The Morgan fingerprint density at radius 1 is 1.36 bits per heavy atom. The van der Waals surface area contributed by atoms with Crippen LogP contribution >= 0.6 is 0 Å².